The lowest BCUT2D eigenvalue weighted by molar-refractivity contribution is -0.143. The number of hydrogen-bond acceptors (Lipinski definition) is 4. The lowest BCUT2D eigenvalue weighted by Crippen LogP contribution is -2.22. The summed E-state index contributed by atoms with van der Waals surface area (Å²) in [5.74, 6) is 0.265. The second-order valence-electron chi connectivity index (χ2n) is 3.78. The molecule has 1 aliphatic rings. The number of aliphatic hydroxyl groups is 1. The number of rotatable bonds is 3. The van der Waals surface area contributed by atoms with Crippen LogP contribution in [0.15, 0.2) is 18.2 Å². The van der Waals surface area contributed by atoms with Gasteiger partial charge in [-0.1, -0.05) is 18.2 Å². The van der Waals surface area contributed by atoms with Crippen LogP contribution in [0.5, 0.6) is 5.75 Å². The zero-order chi connectivity index (χ0) is 11.5. The lowest BCUT2D eigenvalue weighted by Gasteiger charge is -2.15. The summed E-state index contributed by atoms with van der Waals surface area (Å²) in [5.41, 5.74) is 1.60. The summed E-state index contributed by atoms with van der Waals surface area (Å²) in [4.78, 5) is 11.3. The summed E-state index contributed by atoms with van der Waals surface area (Å²) >= 11 is 0. The third-order valence-electron chi connectivity index (χ3n) is 2.61. The van der Waals surface area contributed by atoms with Crippen LogP contribution in [0.4, 0.5) is 0 Å². The Hall–Kier alpha value is -1.55. The van der Waals surface area contributed by atoms with Crippen LogP contribution in [0, 0.1) is 6.92 Å². The zero-order valence-corrected chi connectivity index (χ0v) is 9.10. The van der Waals surface area contributed by atoms with Crippen LogP contribution >= 0.6 is 0 Å². The summed E-state index contributed by atoms with van der Waals surface area (Å²) in [6.45, 7) is 2.19. The van der Waals surface area contributed by atoms with Crippen LogP contribution in [0.25, 0.3) is 0 Å². The minimum atomic E-state index is -0.536. The predicted octanol–water partition coefficient (Wildman–Crippen LogP) is 1.18. The van der Waals surface area contributed by atoms with E-state index in [0.717, 1.165) is 5.56 Å². The third kappa shape index (κ3) is 2.02. The van der Waals surface area contributed by atoms with Gasteiger partial charge in [-0.3, -0.25) is 0 Å². The van der Waals surface area contributed by atoms with Gasteiger partial charge in [0.2, 0.25) is 0 Å². The second kappa shape index (κ2) is 4.53. The standard InChI is InChI=1S/C12H14O4/c1-8-3-2-4-9(7-13)11(8)16-10-5-6-15-12(10)14/h2-4,10,13H,5-7H2,1H3. The number of benzene rings is 1. The molecule has 0 saturated carbocycles. The Morgan fingerprint density at radius 3 is 3.00 bits per heavy atom. The van der Waals surface area contributed by atoms with Crippen molar-refractivity contribution in [1.82, 2.24) is 0 Å². The van der Waals surface area contributed by atoms with E-state index in [1.54, 1.807) is 6.07 Å². The molecule has 1 atom stereocenters. The summed E-state index contributed by atoms with van der Waals surface area (Å²) in [5, 5.41) is 9.19. The summed E-state index contributed by atoms with van der Waals surface area (Å²) < 4.78 is 10.4. The molecule has 0 amide bonds. The van der Waals surface area contributed by atoms with Gasteiger partial charge in [-0.05, 0) is 12.5 Å². The van der Waals surface area contributed by atoms with Crippen molar-refractivity contribution in [2.45, 2.75) is 26.1 Å². The van der Waals surface area contributed by atoms with E-state index in [1.165, 1.54) is 0 Å². The Balaban J connectivity index is 2.22. The molecule has 16 heavy (non-hydrogen) atoms. The summed E-state index contributed by atoms with van der Waals surface area (Å²) in [6, 6.07) is 5.51. The maximum absolute atomic E-state index is 11.3. The number of para-hydroxylation sites is 1. The van der Waals surface area contributed by atoms with E-state index in [9.17, 15) is 9.90 Å². The van der Waals surface area contributed by atoms with E-state index >= 15 is 0 Å². The van der Waals surface area contributed by atoms with Crippen LogP contribution in [0.3, 0.4) is 0 Å². The molecule has 1 saturated heterocycles. The molecule has 4 heteroatoms. The average molecular weight is 222 g/mol. The maximum Gasteiger partial charge on any atom is 0.347 e. The minimum absolute atomic E-state index is 0.0984. The van der Waals surface area contributed by atoms with Gasteiger partial charge in [0.05, 0.1) is 13.2 Å². The van der Waals surface area contributed by atoms with Gasteiger partial charge in [0.15, 0.2) is 6.10 Å². The van der Waals surface area contributed by atoms with Gasteiger partial charge in [0.1, 0.15) is 5.75 Å². The maximum atomic E-state index is 11.3. The number of esters is 1. The molecule has 0 bridgehead atoms. The lowest BCUT2D eigenvalue weighted by atomic mass is 10.1. The number of aliphatic hydroxyl groups excluding tert-OH is 1. The van der Waals surface area contributed by atoms with Crippen molar-refractivity contribution in [3.63, 3.8) is 0 Å². The van der Waals surface area contributed by atoms with Crippen molar-refractivity contribution in [2.75, 3.05) is 6.61 Å². The van der Waals surface area contributed by atoms with E-state index in [0.29, 0.717) is 24.3 Å². The monoisotopic (exact) mass is 222 g/mol. The molecular formula is C12H14O4. The molecule has 1 aliphatic heterocycles. The summed E-state index contributed by atoms with van der Waals surface area (Å²) in [6.07, 6.45) is 0.0318. The highest BCUT2D eigenvalue weighted by atomic mass is 16.6. The van der Waals surface area contributed by atoms with Crippen LogP contribution in [-0.2, 0) is 16.1 Å². The highest BCUT2D eigenvalue weighted by molar-refractivity contribution is 5.77. The predicted molar refractivity (Wildman–Crippen MR) is 57.1 cm³/mol. The Morgan fingerprint density at radius 2 is 2.38 bits per heavy atom. The van der Waals surface area contributed by atoms with E-state index in [-0.39, 0.29) is 12.6 Å². The molecule has 1 unspecified atom stereocenters. The number of carbonyl (C=O) groups excluding carboxylic acids is 1. The topological polar surface area (TPSA) is 55.8 Å². The first kappa shape index (κ1) is 11.0. The largest absolute Gasteiger partial charge is 0.478 e. The highest BCUT2D eigenvalue weighted by Gasteiger charge is 2.29. The molecule has 0 radical (unpaired) electrons. The van der Waals surface area contributed by atoms with Crippen molar-refractivity contribution in [2.24, 2.45) is 0 Å². The minimum Gasteiger partial charge on any atom is -0.478 e. The van der Waals surface area contributed by atoms with E-state index in [1.807, 2.05) is 19.1 Å². The van der Waals surface area contributed by atoms with Gasteiger partial charge in [0.25, 0.3) is 0 Å². The molecule has 0 spiro atoms. The molecule has 4 nitrogen and oxygen atoms in total. The van der Waals surface area contributed by atoms with Gasteiger partial charge in [-0.25, -0.2) is 4.79 Å². The zero-order valence-electron chi connectivity index (χ0n) is 9.10. The number of aryl methyl sites for hydroxylation is 1. The molecule has 1 fully saturated rings. The first-order valence-electron chi connectivity index (χ1n) is 5.25. The normalized spacial score (nSPS) is 19.6. The molecule has 1 heterocycles. The third-order valence-corrected chi connectivity index (χ3v) is 2.61. The molecule has 1 aromatic carbocycles. The fourth-order valence-corrected chi connectivity index (χ4v) is 1.73. The molecule has 0 aliphatic carbocycles. The van der Waals surface area contributed by atoms with Crippen molar-refractivity contribution < 1.29 is 19.4 Å². The smallest absolute Gasteiger partial charge is 0.347 e. The number of cyclic esters (lactones) is 1. The Kier molecular flexibility index (Phi) is 3.10. The van der Waals surface area contributed by atoms with Gasteiger partial charge in [-0.15, -0.1) is 0 Å². The first-order chi connectivity index (χ1) is 7.72. The van der Waals surface area contributed by atoms with Crippen LogP contribution in [0.2, 0.25) is 0 Å². The van der Waals surface area contributed by atoms with Gasteiger partial charge in [-0.2, -0.15) is 0 Å². The van der Waals surface area contributed by atoms with Gasteiger partial charge >= 0.3 is 5.97 Å². The van der Waals surface area contributed by atoms with Crippen LogP contribution < -0.4 is 4.74 Å². The number of carbonyl (C=O) groups is 1. The number of ether oxygens (including phenoxy) is 2. The fourth-order valence-electron chi connectivity index (χ4n) is 1.73. The van der Waals surface area contributed by atoms with Crippen LogP contribution in [-0.4, -0.2) is 23.8 Å². The first-order valence-corrected chi connectivity index (χ1v) is 5.25. The summed E-state index contributed by atoms with van der Waals surface area (Å²) in [7, 11) is 0. The SMILES string of the molecule is Cc1cccc(CO)c1OC1CCOC1=O. The van der Waals surface area contributed by atoms with Crippen molar-refractivity contribution in [3.05, 3.63) is 29.3 Å². The van der Waals surface area contributed by atoms with Crippen molar-refractivity contribution in [1.29, 1.82) is 0 Å². The van der Waals surface area contributed by atoms with E-state index < -0.39 is 6.10 Å². The van der Waals surface area contributed by atoms with Crippen molar-refractivity contribution in [3.8, 4) is 5.75 Å². The molecule has 1 aromatic rings. The highest BCUT2D eigenvalue weighted by Crippen LogP contribution is 2.26. The number of hydrogen-bond donors (Lipinski definition) is 1. The van der Waals surface area contributed by atoms with Crippen LogP contribution in [0.1, 0.15) is 17.5 Å². The van der Waals surface area contributed by atoms with Gasteiger partial charge < -0.3 is 14.6 Å². The average Bonchev–Trinajstić information content (AvgIpc) is 2.67. The Bertz CT molecular complexity index is 400. The Morgan fingerprint density at radius 1 is 1.56 bits per heavy atom. The van der Waals surface area contributed by atoms with E-state index in [4.69, 9.17) is 9.47 Å². The fraction of sp³-hybridized carbons (Fsp3) is 0.417. The molecule has 0 aromatic heterocycles. The van der Waals surface area contributed by atoms with E-state index in [2.05, 4.69) is 0 Å². The Labute approximate surface area is 93.8 Å². The molecule has 86 valence electrons. The second-order valence-corrected chi connectivity index (χ2v) is 3.78. The molecule has 1 N–H and O–H groups in total. The molecule has 2 rings (SSSR count). The molecular weight excluding hydrogens is 208 g/mol. The quantitative estimate of drug-likeness (QED) is 0.780. The van der Waals surface area contributed by atoms with Gasteiger partial charge in [0, 0.05) is 12.0 Å². The van der Waals surface area contributed by atoms with Crippen molar-refractivity contribution >= 4 is 5.97 Å².